The number of allylic oxidation sites excluding steroid dienone is 3. The van der Waals surface area contributed by atoms with Gasteiger partial charge in [-0.1, -0.05) is 12.7 Å². The van der Waals surface area contributed by atoms with Crippen LogP contribution >= 0.6 is 0 Å². The number of carbonyl (C=O) groups is 1. The lowest BCUT2D eigenvalue weighted by atomic mass is 9.98. The monoisotopic (exact) mass is 555 g/mol. The number of carbonyl (C=O) groups excluding carboxylic acids is 1. The van der Waals surface area contributed by atoms with Gasteiger partial charge < -0.3 is 25.2 Å². The van der Waals surface area contributed by atoms with Crippen molar-refractivity contribution in [2.75, 3.05) is 40.0 Å². The molecule has 218 valence electrons. The second-order valence-electron chi connectivity index (χ2n) is 10.1. The molecule has 1 fully saturated rings. The van der Waals surface area contributed by atoms with Gasteiger partial charge in [0.25, 0.3) is 0 Å². The number of hydrogen-bond acceptors (Lipinski definition) is 7. The average Bonchev–Trinajstić information content (AvgIpc) is 3.44. The summed E-state index contributed by atoms with van der Waals surface area (Å²) in [7, 11) is 1.64. The molecule has 1 aromatic rings. The average molecular weight is 556 g/mol. The van der Waals surface area contributed by atoms with Crippen LogP contribution in [0.5, 0.6) is 0 Å². The van der Waals surface area contributed by atoms with Gasteiger partial charge in [0.15, 0.2) is 23.7 Å². The summed E-state index contributed by atoms with van der Waals surface area (Å²) in [5.74, 6) is -3.04. The lowest BCUT2D eigenvalue weighted by Gasteiger charge is -2.25. The summed E-state index contributed by atoms with van der Waals surface area (Å²) >= 11 is 0. The number of halogens is 3. The molecule has 2 aliphatic heterocycles. The molecule has 9 nitrogen and oxygen atoms in total. The fourth-order valence-corrected chi connectivity index (χ4v) is 4.16. The normalized spacial score (nSPS) is 20.2. The van der Waals surface area contributed by atoms with Crippen LogP contribution in [0.1, 0.15) is 45.6 Å². The van der Waals surface area contributed by atoms with Crippen molar-refractivity contribution in [1.82, 2.24) is 20.7 Å². The van der Waals surface area contributed by atoms with E-state index >= 15 is 0 Å². The van der Waals surface area contributed by atoms with E-state index in [1.807, 2.05) is 13.8 Å². The van der Waals surface area contributed by atoms with E-state index in [1.165, 1.54) is 0 Å². The topological polar surface area (TPSA) is 112 Å². The standard InChI is InChI=1S/C14H24N4O3.C13H16F3NO/c1-6-7-9(2)18-11(16-13(15)19)10(3)12(17-18)21-8-14(4,5)20;1-18-5-4-17-3-2-9(8-17)10-6-11(14)13(16)12(15)7-10/h6-7,12,17,20H,1,8H2,2-5H3,(H3,15,16,19);6-7,9H,2-5,8H2,1H3/b9-7+;. The summed E-state index contributed by atoms with van der Waals surface area (Å²) < 4.78 is 49.8. The van der Waals surface area contributed by atoms with Crippen LogP contribution in [0.4, 0.5) is 18.0 Å². The van der Waals surface area contributed by atoms with E-state index in [0.717, 1.165) is 49.5 Å². The first-order valence-electron chi connectivity index (χ1n) is 12.6. The maximum atomic E-state index is 13.1. The van der Waals surface area contributed by atoms with Crippen molar-refractivity contribution in [2.45, 2.75) is 51.9 Å². The highest BCUT2D eigenvalue weighted by Crippen LogP contribution is 2.29. The molecule has 39 heavy (non-hydrogen) atoms. The Balaban J connectivity index is 0.000000276. The van der Waals surface area contributed by atoms with Gasteiger partial charge >= 0.3 is 6.03 Å². The highest BCUT2D eigenvalue weighted by Gasteiger charge is 2.32. The number of nitrogens with one attached hydrogen (secondary N) is 2. The minimum absolute atomic E-state index is 0.0615. The van der Waals surface area contributed by atoms with Gasteiger partial charge in [-0.25, -0.2) is 18.0 Å². The smallest absolute Gasteiger partial charge is 0.317 e. The molecule has 0 radical (unpaired) electrons. The Labute approximate surface area is 228 Å². The van der Waals surface area contributed by atoms with Crippen molar-refractivity contribution in [3.8, 4) is 0 Å². The first-order valence-corrected chi connectivity index (χ1v) is 12.6. The fourth-order valence-electron chi connectivity index (χ4n) is 4.16. The minimum Gasteiger partial charge on any atom is -0.388 e. The van der Waals surface area contributed by atoms with Gasteiger partial charge in [0.2, 0.25) is 0 Å². The van der Waals surface area contributed by atoms with Gasteiger partial charge in [0.05, 0.1) is 18.8 Å². The maximum Gasteiger partial charge on any atom is 0.317 e. The molecule has 2 unspecified atom stereocenters. The van der Waals surface area contributed by atoms with Crippen LogP contribution in [0, 0.1) is 17.5 Å². The number of likely N-dealkylation sites (tertiary alicyclic amines) is 1. The van der Waals surface area contributed by atoms with E-state index < -0.39 is 35.3 Å². The van der Waals surface area contributed by atoms with Crippen LogP contribution in [0.25, 0.3) is 0 Å². The molecule has 0 saturated carbocycles. The molecule has 2 aliphatic rings. The molecule has 0 aromatic heterocycles. The van der Waals surface area contributed by atoms with Crippen molar-refractivity contribution in [3.63, 3.8) is 0 Å². The van der Waals surface area contributed by atoms with Crippen LogP contribution in [0.3, 0.4) is 0 Å². The molecule has 12 heteroatoms. The molecule has 1 saturated heterocycles. The third-order valence-electron chi connectivity index (χ3n) is 6.15. The first kappa shape index (κ1) is 32.3. The Hall–Kier alpha value is -2.90. The number of hydrazine groups is 1. The van der Waals surface area contributed by atoms with Crippen LogP contribution < -0.4 is 16.5 Å². The summed E-state index contributed by atoms with van der Waals surface area (Å²) in [4.78, 5) is 13.3. The number of aliphatic hydroxyl groups is 1. The van der Waals surface area contributed by atoms with Gasteiger partial charge in [0.1, 0.15) is 5.82 Å². The number of amides is 2. The van der Waals surface area contributed by atoms with Crippen molar-refractivity contribution in [3.05, 3.63) is 71.0 Å². The molecule has 3 rings (SSSR count). The van der Waals surface area contributed by atoms with Crippen molar-refractivity contribution < 1.29 is 32.5 Å². The Morgan fingerprint density at radius 3 is 2.51 bits per heavy atom. The zero-order chi connectivity index (χ0) is 29.3. The quantitative estimate of drug-likeness (QED) is 0.259. The second-order valence-corrected chi connectivity index (χ2v) is 10.1. The van der Waals surface area contributed by atoms with Crippen molar-refractivity contribution in [1.29, 1.82) is 0 Å². The fraction of sp³-hybridized carbons (Fsp3) is 0.519. The predicted molar refractivity (Wildman–Crippen MR) is 142 cm³/mol. The molecule has 2 amide bonds. The summed E-state index contributed by atoms with van der Waals surface area (Å²) in [6, 6.07) is 1.54. The van der Waals surface area contributed by atoms with E-state index in [-0.39, 0.29) is 12.5 Å². The van der Waals surface area contributed by atoms with Gasteiger partial charge in [0, 0.05) is 31.5 Å². The summed E-state index contributed by atoms with van der Waals surface area (Å²) in [5, 5.41) is 14.0. The van der Waals surface area contributed by atoms with Crippen LogP contribution in [0.2, 0.25) is 0 Å². The third-order valence-corrected chi connectivity index (χ3v) is 6.15. The number of benzene rings is 1. The first-order chi connectivity index (χ1) is 18.3. The minimum atomic E-state index is -1.40. The number of rotatable bonds is 10. The Morgan fingerprint density at radius 2 is 1.97 bits per heavy atom. The van der Waals surface area contributed by atoms with Crippen LogP contribution in [0.15, 0.2) is 48.0 Å². The molecule has 0 spiro atoms. The number of hydrogen-bond donors (Lipinski definition) is 4. The summed E-state index contributed by atoms with van der Waals surface area (Å²) in [5.41, 5.74) is 9.45. The largest absolute Gasteiger partial charge is 0.388 e. The predicted octanol–water partition coefficient (Wildman–Crippen LogP) is 3.45. The highest BCUT2D eigenvalue weighted by atomic mass is 19.2. The lowest BCUT2D eigenvalue weighted by molar-refractivity contribution is -0.0581. The molecular weight excluding hydrogens is 515 g/mol. The molecule has 2 atom stereocenters. The van der Waals surface area contributed by atoms with E-state index in [9.17, 15) is 23.1 Å². The number of nitrogens with zero attached hydrogens (tertiary/aromatic N) is 2. The van der Waals surface area contributed by atoms with Crippen molar-refractivity contribution in [2.24, 2.45) is 5.73 Å². The molecule has 0 aliphatic carbocycles. The number of urea groups is 1. The summed E-state index contributed by atoms with van der Waals surface area (Å²) in [6.07, 6.45) is 3.78. The zero-order valence-electron chi connectivity index (χ0n) is 23.2. The Kier molecular flexibility index (Phi) is 12.0. The van der Waals surface area contributed by atoms with E-state index in [1.54, 1.807) is 38.1 Å². The van der Waals surface area contributed by atoms with E-state index in [4.69, 9.17) is 15.2 Å². The maximum absolute atomic E-state index is 13.1. The lowest BCUT2D eigenvalue weighted by Crippen LogP contribution is -2.43. The highest BCUT2D eigenvalue weighted by molar-refractivity contribution is 5.74. The Bertz CT molecular complexity index is 1050. The van der Waals surface area contributed by atoms with Gasteiger partial charge in [-0.05, 0) is 70.4 Å². The van der Waals surface area contributed by atoms with Crippen LogP contribution in [-0.4, -0.2) is 72.8 Å². The van der Waals surface area contributed by atoms with Gasteiger partial charge in [-0.2, -0.15) is 5.43 Å². The molecule has 0 bridgehead atoms. The SMILES string of the molecule is C=C/C=C(\C)N1NC(OCC(C)(C)O)C(C)=C1NC(N)=O.COCCN1CCC(c2cc(F)c(F)c(F)c2)C1. The number of ether oxygens (including phenoxy) is 2. The van der Waals surface area contributed by atoms with E-state index in [0.29, 0.717) is 18.0 Å². The van der Waals surface area contributed by atoms with Crippen molar-refractivity contribution >= 4 is 6.03 Å². The zero-order valence-corrected chi connectivity index (χ0v) is 23.2. The molecule has 2 heterocycles. The van der Waals surface area contributed by atoms with E-state index in [2.05, 4.69) is 22.2 Å². The van der Waals surface area contributed by atoms with Gasteiger partial charge in [-0.15, -0.1) is 0 Å². The number of nitrogens with two attached hydrogens (primary N) is 1. The molecular formula is C27H40F3N5O4. The second kappa shape index (κ2) is 14.5. The van der Waals surface area contributed by atoms with Gasteiger partial charge in [-0.3, -0.25) is 10.3 Å². The number of primary amides is 1. The van der Waals surface area contributed by atoms with Crippen LogP contribution in [-0.2, 0) is 9.47 Å². The molecule has 5 N–H and O–H groups in total. The third kappa shape index (κ3) is 9.66. The molecule has 1 aromatic carbocycles. The number of methoxy groups -OCH3 is 1. The Morgan fingerprint density at radius 1 is 1.33 bits per heavy atom. The summed E-state index contributed by atoms with van der Waals surface area (Å²) in [6.45, 7) is 13.8.